The number of benzene rings is 1. The molecule has 1 aliphatic carbocycles. The van der Waals surface area contributed by atoms with Crippen LogP contribution in [0.2, 0.25) is 0 Å². The van der Waals surface area contributed by atoms with E-state index < -0.39 is 0 Å². The van der Waals surface area contributed by atoms with E-state index in [2.05, 4.69) is 28.3 Å². The average Bonchev–Trinajstić information content (AvgIpc) is 3.26. The van der Waals surface area contributed by atoms with E-state index in [1.807, 2.05) is 0 Å². The highest BCUT2D eigenvalue weighted by Gasteiger charge is 2.26. The molecule has 1 saturated carbocycles. The molecular formula is C16H18FN3. The van der Waals surface area contributed by atoms with Gasteiger partial charge in [0.2, 0.25) is 0 Å². The maximum atomic E-state index is 12.9. The zero-order chi connectivity index (χ0) is 13.9. The predicted octanol–water partition coefficient (Wildman–Crippen LogP) is 3.52. The minimum absolute atomic E-state index is 0.213. The lowest BCUT2D eigenvalue weighted by atomic mass is 10.1. The van der Waals surface area contributed by atoms with Gasteiger partial charge in [-0.25, -0.2) is 14.4 Å². The van der Waals surface area contributed by atoms with Crippen molar-refractivity contribution in [3.63, 3.8) is 0 Å². The molecule has 0 unspecified atom stereocenters. The number of nitrogens with one attached hydrogen (secondary N) is 1. The minimum atomic E-state index is -0.213. The third kappa shape index (κ3) is 3.13. The van der Waals surface area contributed by atoms with Crippen LogP contribution in [-0.4, -0.2) is 16.5 Å². The van der Waals surface area contributed by atoms with Crippen molar-refractivity contribution >= 4 is 5.82 Å². The molecule has 1 heterocycles. The van der Waals surface area contributed by atoms with E-state index in [-0.39, 0.29) is 5.82 Å². The van der Waals surface area contributed by atoms with Crippen LogP contribution in [0.4, 0.5) is 10.2 Å². The van der Waals surface area contributed by atoms with Crippen molar-refractivity contribution in [1.82, 2.24) is 9.97 Å². The number of rotatable bonds is 5. The van der Waals surface area contributed by atoms with Crippen molar-refractivity contribution in [3.8, 4) is 0 Å². The predicted molar refractivity (Wildman–Crippen MR) is 77.4 cm³/mol. The van der Waals surface area contributed by atoms with Gasteiger partial charge in [-0.1, -0.05) is 12.1 Å². The van der Waals surface area contributed by atoms with Crippen LogP contribution in [0.25, 0.3) is 0 Å². The van der Waals surface area contributed by atoms with Gasteiger partial charge in [-0.15, -0.1) is 0 Å². The third-order valence-corrected chi connectivity index (χ3v) is 3.42. The molecule has 0 amide bonds. The summed E-state index contributed by atoms with van der Waals surface area (Å²) in [4.78, 5) is 9.19. The largest absolute Gasteiger partial charge is 0.370 e. The van der Waals surface area contributed by atoms with E-state index in [1.165, 1.54) is 25.0 Å². The van der Waals surface area contributed by atoms with Crippen molar-refractivity contribution in [2.45, 2.75) is 32.1 Å². The summed E-state index contributed by atoms with van der Waals surface area (Å²) in [6, 6.07) is 8.58. The van der Waals surface area contributed by atoms with Gasteiger partial charge in [0.1, 0.15) is 17.5 Å². The summed E-state index contributed by atoms with van der Waals surface area (Å²) in [6.07, 6.45) is 3.08. The van der Waals surface area contributed by atoms with Gasteiger partial charge in [0, 0.05) is 30.6 Å². The number of hydrogen-bond donors (Lipinski definition) is 1. The molecule has 0 aliphatic heterocycles. The summed E-state index contributed by atoms with van der Waals surface area (Å²) >= 11 is 0. The Hall–Kier alpha value is -1.97. The van der Waals surface area contributed by atoms with Gasteiger partial charge < -0.3 is 5.32 Å². The molecule has 0 bridgehead atoms. The van der Waals surface area contributed by atoms with E-state index in [4.69, 9.17) is 0 Å². The number of anilines is 1. The zero-order valence-corrected chi connectivity index (χ0v) is 11.6. The van der Waals surface area contributed by atoms with Crippen molar-refractivity contribution in [3.05, 3.63) is 53.2 Å². The summed E-state index contributed by atoms with van der Waals surface area (Å²) in [7, 11) is 0. The first-order valence-electron chi connectivity index (χ1n) is 7.11. The molecule has 2 aromatic rings. The average molecular weight is 271 g/mol. The van der Waals surface area contributed by atoms with Crippen molar-refractivity contribution in [2.75, 3.05) is 11.9 Å². The Bertz CT molecular complexity index is 591. The van der Waals surface area contributed by atoms with Crippen molar-refractivity contribution < 1.29 is 4.39 Å². The second-order valence-electron chi connectivity index (χ2n) is 5.20. The maximum Gasteiger partial charge on any atom is 0.135 e. The molecule has 0 spiro atoms. The van der Waals surface area contributed by atoms with Crippen LogP contribution < -0.4 is 5.32 Å². The van der Waals surface area contributed by atoms with Gasteiger partial charge in [-0.3, -0.25) is 0 Å². The fourth-order valence-electron chi connectivity index (χ4n) is 2.24. The van der Waals surface area contributed by atoms with Gasteiger partial charge >= 0.3 is 0 Å². The number of nitrogens with zero attached hydrogens (tertiary/aromatic N) is 2. The fourth-order valence-corrected chi connectivity index (χ4v) is 2.24. The Morgan fingerprint density at radius 2 is 1.95 bits per heavy atom. The highest BCUT2D eigenvalue weighted by molar-refractivity contribution is 5.38. The Kier molecular flexibility index (Phi) is 3.63. The van der Waals surface area contributed by atoms with Crippen LogP contribution in [0, 0.1) is 5.82 Å². The molecule has 0 radical (unpaired) electrons. The van der Waals surface area contributed by atoms with E-state index in [0.717, 1.165) is 29.4 Å². The lowest BCUT2D eigenvalue weighted by molar-refractivity contribution is 0.627. The first kappa shape index (κ1) is 13.0. The first-order chi connectivity index (χ1) is 9.74. The molecule has 4 heteroatoms. The fraction of sp³-hybridized carbons (Fsp3) is 0.375. The van der Waals surface area contributed by atoms with E-state index in [9.17, 15) is 4.39 Å². The number of halogens is 1. The minimum Gasteiger partial charge on any atom is -0.370 e. The van der Waals surface area contributed by atoms with Crippen molar-refractivity contribution in [1.29, 1.82) is 0 Å². The Labute approximate surface area is 118 Å². The van der Waals surface area contributed by atoms with Gasteiger partial charge in [-0.05, 0) is 37.5 Å². The molecule has 3 nitrogen and oxygen atoms in total. The molecule has 20 heavy (non-hydrogen) atoms. The Morgan fingerprint density at radius 1 is 1.20 bits per heavy atom. The SMILES string of the molecule is CCNc1cc(C2CC2)nc(Cc2ccc(F)cc2)n1. The molecule has 1 aromatic heterocycles. The van der Waals surface area contributed by atoms with E-state index in [0.29, 0.717) is 12.3 Å². The van der Waals surface area contributed by atoms with E-state index in [1.54, 1.807) is 12.1 Å². The maximum absolute atomic E-state index is 12.9. The Balaban J connectivity index is 1.85. The molecule has 1 aromatic carbocycles. The molecule has 104 valence electrons. The van der Waals surface area contributed by atoms with Gasteiger partial charge in [0.15, 0.2) is 0 Å². The smallest absolute Gasteiger partial charge is 0.135 e. The Morgan fingerprint density at radius 3 is 2.60 bits per heavy atom. The molecule has 1 aliphatic rings. The molecular weight excluding hydrogens is 253 g/mol. The second kappa shape index (κ2) is 5.57. The standard InChI is InChI=1S/C16H18FN3/c1-2-18-15-10-14(12-5-6-12)19-16(20-15)9-11-3-7-13(17)8-4-11/h3-4,7-8,10,12H,2,5-6,9H2,1H3,(H,18,19,20). The lowest BCUT2D eigenvalue weighted by Gasteiger charge is -2.08. The van der Waals surface area contributed by atoms with Gasteiger partial charge in [0.25, 0.3) is 0 Å². The van der Waals surface area contributed by atoms with Crippen molar-refractivity contribution in [2.24, 2.45) is 0 Å². The molecule has 1 N–H and O–H groups in total. The molecule has 0 atom stereocenters. The van der Waals surface area contributed by atoms with Crippen LogP contribution in [0.5, 0.6) is 0 Å². The summed E-state index contributed by atoms with van der Waals surface area (Å²) < 4.78 is 12.9. The first-order valence-corrected chi connectivity index (χ1v) is 7.11. The monoisotopic (exact) mass is 271 g/mol. The van der Waals surface area contributed by atoms with Gasteiger partial charge in [0.05, 0.1) is 0 Å². The third-order valence-electron chi connectivity index (χ3n) is 3.42. The highest BCUT2D eigenvalue weighted by atomic mass is 19.1. The normalized spacial score (nSPS) is 14.3. The second-order valence-corrected chi connectivity index (χ2v) is 5.20. The molecule has 1 fully saturated rings. The van der Waals surface area contributed by atoms with Crippen LogP contribution >= 0.6 is 0 Å². The van der Waals surface area contributed by atoms with Crippen LogP contribution in [0.1, 0.15) is 42.8 Å². The van der Waals surface area contributed by atoms with Crippen LogP contribution in [-0.2, 0) is 6.42 Å². The van der Waals surface area contributed by atoms with Crippen LogP contribution in [0.15, 0.2) is 30.3 Å². The quantitative estimate of drug-likeness (QED) is 0.904. The molecule has 3 rings (SSSR count). The highest BCUT2D eigenvalue weighted by Crippen LogP contribution is 2.39. The van der Waals surface area contributed by atoms with Crippen LogP contribution in [0.3, 0.4) is 0 Å². The lowest BCUT2D eigenvalue weighted by Crippen LogP contribution is -2.06. The number of aromatic nitrogens is 2. The zero-order valence-electron chi connectivity index (χ0n) is 11.6. The van der Waals surface area contributed by atoms with Gasteiger partial charge in [-0.2, -0.15) is 0 Å². The topological polar surface area (TPSA) is 37.8 Å². The molecule has 0 saturated heterocycles. The number of hydrogen-bond acceptors (Lipinski definition) is 3. The summed E-state index contributed by atoms with van der Waals surface area (Å²) in [5.74, 6) is 2.08. The summed E-state index contributed by atoms with van der Waals surface area (Å²) in [6.45, 7) is 2.90. The van der Waals surface area contributed by atoms with E-state index >= 15 is 0 Å². The summed E-state index contributed by atoms with van der Waals surface area (Å²) in [5, 5.41) is 3.25. The summed E-state index contributed by atoms with van der Waals surface area (Å²) in [5.41, 5.74) is 2.16.